The first kappa shape index (κ1) is 13.2. The maximum atomic E-state index is 10.8. The minimum Gasteiger partial charge on any atom is -0.744 e. The monoisotopic (exact) mass is 285 g/mol. The Bertz CT molecular complexity index is 604. The van der Waals surface area contributed by atoms with Crippen molar-refractivity contribution in [2.75, 3.05) is 6.26 Å². The van der Waals surface area contributed by atoms with Gasteiger partial charge in [0.1, 0.15) is 10.1 Å². The normalized spacial score (nSPS) is 12.4. The van der Waals surface area contributed by atoms with E-state index in [0.717, 1.165) is 24.5 Å². The average Bonchev–Trinajstić information content (AvgIpc) is 2.04. The third-order valence-electron chi connectivity index (χ3n) is 1.43. The molecular formula is C7H6ClO6S2-. The summed E-state index contributed by atoms with van der Waals surface area (Å²) >= 11 is 5.55. The molecule has 0 aromatic heterocycles. The third kappa shape index (κ3) is 3.63. The Morgan fingerprint density at radius 3 is 2.19 bits per heavy atom. The molecule has 0 N–H and O–H groups in total. The minimum atomic E-state index is -4.63. The van der Waals surface area contributed by atoms with Crippen molar-refractivity contribution in [2.24, 2.45) is 0 Å². The zero-order valence-corrected chi connectivity index (χ0v) is 10.3. The van der Waals surface area contributed by atoms with Gasteiger partial charge in [0, 0.05) is 0 Å². The molecule has 6 nitrogen and oxygen atoms in total. The van der Waals surface area contributed by atoms with Gasteiger partial charge in [-0.1, -0.05) is 11.6 Å². The van der Waals surface area contributed by atoms with E-state index in [2.05, 4.69) is 4.18 Å². The first-order valence-corrected chi connectivity index (χ1v) is 7.35. The van der Waals surface area contributed by atoms with Crippen LogP contribution >= 0.6 is 11.6 Å². The number of rotatable bonds is 3. The fourth-order valence-electron chi connectivity index (χ4n) is 0.868. The Balaban J connectivity index is 3.21. The first-order chi connectivity index (χ1) is 7.09. The van der Waals surface area contributed by atoms with Crippen LogP contribution in [0.2, 0.25) is 5.02 Å². The van der Waals surface area contributed by atoms with Crippen molar-refractivity contribution in [3.05, 3.63) is 23.2 Å². The van der Waals surface area contributed by atoms with Crippen molar-refractivity contribution >= 4 is 31.8 Å². The Kier molecular flexibility index (Phi) is 3.48. The van der Waals surface area contributed by atoms with Crippen LogP contribution in [-0.2, 0) is 20.2 Å². The van der Waals surface area contributed by atoms with Crippen LogP contribution in [0.4, 0.5) is 0 Å². The van der Waals surface area contributed by atoms with Gasteiger partial charge in [-0.2, -0.15) is 8.42 Å². The molecule has 16 heavy (non-hydrogen) atoms. The van der Waals surface area contributed by atoms with Crippen LogP contribution in [0.1, 0.15) is 0 Å². The molecule has 0 atom stereocenters. The second-order valence-corrected chi connectivity index (χ2v) is 6.20. The summed E-state index contributed by atoms with van der Waals surface area (Å²) in [7, 11) is -8.39. The van der Waals surface area contributed by atoms with Crippen molar-refractivity contribution in [3.63, 3.8) is 0 Å². The predicted molar refractivity (Wildman–Crippen MR) is 54.9 cm³/mol. The molecule has 0 spiro atoms. The van der Waals surface area contributed by atoms with Crippen LogP contribution in [0, 0.1) is 0 Å². The maximum Gasteiger partial charge on any atom is 0.306 e. The SMILES string of the molecule is CS(=O)(=O)Oc1ccc(S(=O)(=O)[O-])cc1Cl. The Labute approximate surface area is 97.7 Å². The van der Waals surface area contributed by atoms with Crippen LogP contribution in [0.25, 0.3) is 0 Å². The molecule has 0 amide bonds. The Hall–Kier alpha value is -0.830. The lowest BCUT2D eigenvalue weighted by atomic mass is 10.3. The highest BCUT2D eigenvalue weighted by Crippen LogP contribution is 2.28. The van der Waals surface area contributed by atoms with Crippen molar-refractivity contribution in [2.45, 2.75) is 4.90 Å². The zero-order chi connectivity index (χ0) is 12.6. The van der Waals surface area contributed by atoms with Crippen LogP contribution in [-0.4, -0.2) is 27.6 Å². The van der Waals surface area contributed by atoms with Gasteiger partial charge in [0.05, 0.1) is 16.2 Å². The smallest absolute Gasteiger partial charge is 0.306 e. The lowest BCUT2D eigenvalue weighted by Gasteiger charge is -2.09. The van der Waals surface area contributed by atoms with Crippen LogP contribution < -0.4 is 4.18 Å². The van der Waals surface area contributed by atoms with Crippen LogP contribution in [0.15, 0.2) is 23.1 Å². The van der Waals surface area contributed by atoms with Gasteiger partial charge in [-0.15, -0.1) is 0 Å². The van der Waals surface area contributed by atoms with Gasteiger partial charge >= 0.3 is 10.1 Å². The molecule has 0 unspecified atom stereocenters. The van der Waals surface area contributed by atoms with Crippen molar-refractivity contribution in [1.82, 2.24) is 0 Å². The summed E-state index contributed by atoms with van der Waals surface area (Å²) in [6.45, 7) is 0. The maximum absolute atomic E-state index is 10.8. The fraction of sp³-hybridized carbons (Fsp3) is 0.143. The molecule has 0 heterocycles. The molecule has 1 aromatic rings. The molecule has 90 valence electrons. The lowest BCUT2D eigenvalue weighted by Crippen LogP contribution is -2.06. The summed E-state index contributed by atoms with van der Waals surface area (Å²) in [5, 5.41) is -0.276. The summed E-state index contributed by atoms with van der Waals surface area (Å²) in [5.41, 5.74) is 0. The molecule has 0 saturated carbocycles. The van der Waals surface area contributed by atoms with Gasteiger partial charge in [0.15, 0.2) is 5.75 Å². The van der Waals surface area contributed by atoms with Gasteiger partial charge in [-0.05, 0) is 18.2 Å². The number of hydrogen-bond acceptors (Lipinski definition) is 6. The third-order valence-corrected chi connectivity index (χ3v) is 3.04. The zero-order valence-electron chi connectivity index (χ0n) is 7.88. The van der Waals surface area contributed by atoms with E-state index in [9.17, 15) is 21.4 Å². The molecular weight excluding hydrogens is 280 g/mol. The molecule has 0 radical (unpaired) electrons. The Morgan fingerprint density at radius 2 is 1.81 bits per heavy atom. The summed E-state index contributed by atoms with van der Waals surface area (Å²) in [6.07, 6.45) is 0.807. The van der Waals surface area contributed by atoms with E-state index < -0.39 is 25.1 Å². The Morgan fingerprint density at radius 1 is 1.25 bits per heavy atom. The second kappa shape index (κ2) is 4.21. The molecule has 1 aromatic carbocycles. The summed E-state index contributed by atoms with van der Waals surface area (Å²) in [6, 6.07) is 2.73. The quantitative estimate of drug-likeness (QED) is 0.595. The van der Waals surface area contributed by atoms with Crippen LogP contribution in [0.3, 0.4) is 0 Å². The van der Waals surface area contributed by atoms with Crippen molar-refractivity contribution in [3.8, 4) is 5.75 Å². The van der Waals surface area contributed by atoms with Gasteiger partial charge in [-0.3, -0.25) is 0 Å². The van der Waals surface area contributed by atoms with Gasteiger partial charge in [0.2, 0.25) is 0 Å². The molecule has 0 bridgehead atoms. The van der Waals surface area contributed by atoms with E-state index in [4.69, 9.17) is 11.6 Å². The van der Waals surface area contributed by atoms with Gasteiger partial charge < -0.3 is 8.74 Å². The largest absolute Gasteiger partial charge is 0.744 e. The van der Waals surface area contributed by atoms with E-state index in [1.54, 1.807) is 0 Å². The average molecular weight is 286 g/mol. The first-order valence-electron chi connectivity index (χ1n) is 3.74. The van der Waals surface area contributed by atoms with E-state index in [1.165, 1.54) is 0 Å². The highest BCUT2D eigenvalue weighted by Gasteiger charge is 2.11. The highest BCUT2D eigenvalue weighted by molar-refractivity contribution is 7.86. The molecule has 0 aliphatic heterocycles. The molecule has 0 fully saturated rings. The second-order valence-electron chi connectivity index (χ2n) is 2.83. The van der Waals surface area contributed by atoms with E-state index in [-0.39, 0.29) is 10.8 Å². The van der Waals surface area contributed by atoms with Crippen molar-refractivity contribution in [1.29, 1.82) is 0 Å². The molecule has 0 aliphatic rings. The topological polar surface area (TPSA) is 101 Å². The van der Waals surface area contributed by atoms with Gasteiger partial charge in [-0.25, -0.2) is 8.42 Å². The summed E-state index contributed by atoms with van der Waals surface area (Å²) < 4.78 is 57.8. The van der Waals surface area contributed by atoms with Gasteiger partial charge in [0.25, 0.3) is 0 Å². The standard InChI is InChI=1S/C7H7ClO6S2/c1-15(9,10)14-7-3-2-5(4-6(7)8)16(11,12)13/h2-4H,1H3,(H,11,12,13)/p-1. The molecule has 0 saturated heterocycles. The molecule has 9 heteroatoms. The lowest BCUT2D eigenvalue weighted by molar-refractivity contribution is 0.463. The van der Waals surface area contributed by atoms with Crippen molar-refractivity contribution < 1.29 is 25.6 Å². The minimum absolute atomic E-state index is 0.239. The predicted octanol–water partition coefficient (Wildman–Crippen LogP) is 0.582. The van der Waals surface area contributed by atoms with E-state index in [0.29, 0.717) is 0 Å². The number of halogens is 1. The van der Waals surface area contributed by atoms with E-state index >= 15 is 0 Å². The summed E-state index contributed by atoms with van der Waals surface area (Å²) in [4.78, 5) is -0.557. The molecule has 0 aliphatic carbocycles. The van der Waals surface area contributed by atoms with E-state index in [1.807, 2.05) is 0 Å². The highest BCUT2D eigenvalue weighted by atomic mass is 35.5. The van der Waals surface area contributed by atoms with Crippen LogP contribution in [0.5, 0.6) is 5.75 Å². The number of hydrogen-bond donors (Lipinski definition) is 0. The molecule has 1 rings (SSSR count). The summed E-state index contributed by atoms with van der Waals surface area (Å²) in [5.74, 6) is -0.239. The fourth-order valence-corrected chi connectivity index (χ4v) is 2.17. The number of benzene rings is 1.